The maximum absolute atomic E-state index is 11.6. The van der Waals surface area contributed by atoms with Crippen LogP contribution >= 0.6 is 0 Å². The van der Waals surface area contributed by atoms with Gasteiger partial charge in [-0.05, 0) is 53.5 Å². The SMILES string of the molecule is CC1CCCCCN1C(CN)CCNC(=O)OC(C)(C)C. The Labute approximate surface area is 129 Å². The average Bonchev–Trinajstić information content (AvgIpc) is 2.58. The largest absolute Gasteiger partial charge is 0.444 e. The van der Waals surface area contributed by atoms with Gasteiger partial charge in [0, 0.05) is 25.2 Å². The van der Waals surface area contributed by atoms with Gasteiger partial charge in [0.1, 0.15) is 5.60 Å². The fourth-order valence-electron chi connectivity index (χ4n) is 2.91. The number of amides is 1. The highest BCUT2D eigenvalue weighted by molar-refractivity contribution is 5.67. The monoisotopic (exact) mass is 299 g/mol. The van der Waals surface area contributed by atoms with Crippen molar-refractivity contribution in [1.29, 1.82) is 0 Å². The number of hydrogen-bond donors (Lipinski definition) is 2. The Hall–Kier alpha value is -0.810. The molecule has 0 aromatic rings. The minimum absolute atomic E-state index is 0.341. The zero-order chi connectivity index (χ0) is 15.9. The van der Waals surface area contributed by atoms with Crippen LogP contribution in [0.1, 0.15) is 59.8 Å². The van der Waals surface area contributed by atoms with Crippen LogP contribution in [-0.2, 0) is 4.74 Å². The number of likely N-dealkylation sites (tertiary alicyclic amines) is 1. The van der Waals surface area contributed by atoms with Crippen LogP contribution in [0, 0.1) is 0 Å². The van der Waals surface area contributed by atoms with Gasteiger partial charge in [-0.25, -0.2) is 4.79 Å². The van der Waals surface area contributed by atoms with Crippen LogP contribution in [0.4, 0.5) is 4.79 Å². The number of carbonyl (C=O) groups is 1. The molecule has 1 heterocycles. The van der Waals surface area contributed by atoms with Crippen molar-refractivity contribution in [3.63, 3.8) is 0 Å². The Balaban J connectivity index is 2.38. The van der Waals surface area contributed by atoms with E-state index in [9.17, 15) is 4.79 Å². The van der Waals surface area contributed by atoms with Crippen molar-refractivity contribution in [2.45, 2.75) is 77.5 Å². The molecule has 0 aliphatic carbocycles. The molecule has 0 spiro atoms. The number of carbonyl (C=O) groups excluding carboxylic acids is 1. The molecular formula is C16H33N3O2. The lowest BCUT2D eigenvalue weighted by atomic mass is 10.1. The molecule has 1 rings (SSSR count). The fourth-order valence-corrected chi connectivity index (χ4v) is 2.91. The molecule has 1 aliphatic rings. The van der Waals surface area contributed by atoms with E-state index in [1.165, 1.54) is 25.7 Å². The Morgan fingerprint density at radius 1 is 1.38 bits per heavy atom. The van der Waals surface area contributed by atoms with Crippen LogP contribution < -0.4 is 11.1 Å². The van der Waals surface area contributed by atoms with Gasteiger partial charge in [0.2, 0.25) is 0 Å². The van der Waals surface area contributed by atoms with Crippen LogP contribution in [0.5, 0.6) is 0 Å². The van der Waals surface area contributed by atoms with Gasteiger partial charge in [-0.15, -0.1) is 0 Å². The van der Waals surface area contributed by atoms with E-state index >= 15 is 0 Å². The Morgan fingerprint density at radius 3 is 2.71 bits per heavy atom. The van der Waals surface area contributed by atoms with E-state index in [2.05, 4.69) is 17.1 Å². The maximum atomic E-state index is 11.6. The van der Waals surface area contributed by atoms with Gasteiger partial charge < -0.3 is 15.8 Å². The zero-order valence-corrected chi connectivity index (χ0v) is 14.2. The Morgan fingerprint density at radius 2 is 2.10 bits per heavy atom. The van der Waals surface area contributed by atoms with Crippen LogP contribution in [0.25, 0.3) is 0 Å². The molecule has 5 heteroatoms. The first-order chi connectivity index (χ1) is 9.83. The maximum Gasteiger partial charge on any atom is 0.407 e. The minimum atomic E-state index is -0.448. The Kier molecular flexibility index (Phi) is 7.46. The molecule has 5 nitrogen and oxygen atoms in total. The summed E-state index contributed by atoms with van der Waals surface area (Å²) in [5.74, 6) is 0. The molecule has 0 bridgehead atoms. The lowest BCUT2D eigenvalue weighted by Gasteiger charge is -2.34. The molecule has 1 saturated heterocycles. The normalized spacial score (nSPS) is 22.4. The third-order valence-electron chi connectivity index (χ3n) is 3.99. The summed E-state index contributed by atoms with van der Waals surface area (Å²) in [6.07, 6.45) is 5.65. The molecule has 124 valence electrons. The van der Waals surface area contributed by atoms with Gasteiger partial charge in [0.15, 0.2) is 0 Å². The predicted octanol–water partition coefficient (Wildman–Crippen LogP) is 2.49. The van der Waals surface area contributed by atoms with Gasteiger partial charge in [-0.3, -0.25) is 4.90 Å². The highest BCUT2D eigenvalue weighted by Gasteiger charge is 2.24. The molecule has 0 saturated carbocycles. The number of nitrogens with zero attached hydrogens (tertiary/aromatic N) is 1. The predicted molar refractivity (Wildman–Crippen MR) is 86.3 cm³/mol. The van der Waals surface area contributed by atoms with E-state index in [-0.39, 0.29) is 6.09 Å². The van der Waals surface area contributed by atoms with Gasteiger partial charge in [0.25, 0.3) is 0 Å². The second-order valence-electron chi connectivity index (χ2n) is 7.04. The molecule has 2 unspecified atom stereocenters. The summed E-state index contributed by atoms with van der Waals surface area (Å²) in [6, 6.07) is 0.926. The van der Waals surface area contributed by atoms with Crippen LogP contribution in [0.3, 0.4) is 0 Å². The summed E-state index contributed by atoms with van der Waals surface area (Å²) >= 11 is 0. The molecule has 0 radical (unpaired) electrons. The molecule has 2 atom stereocenters. The third kappa shape index (κ3) is 7.14. The number of ether oxygens (including phenoxy) is 1. The van der Waals surface area contributed by atoms with Crippen LogP contribution in [0.2, 0.25) is 0 Å². The molecule has 3 N–H and O–H groups in total. The van der Waals surface area contributed by atoms with E-state index in [1.54, 1.807) is 0 Å². The summed E-state index contributed by atoms with van der Waals surface area (Å²) in [5.41, 5.74) is 5.50. The second-order valence-corrected chi connectivity index (χ2v) is 7.04. The van der Waals surface area contributed by atoms with Crippen molar-refractivity contribution < 1.29 is 9.53 Å². The summed E-state index contributed by atoms with van der Waals surface area (Å²) in [5, 5.41) is 2.83. The summed E-state index contributed by atoms with van der Waals surface area (Å²) in [6.45, 7) is 10.3. The highest BCUT2D eigenvalue weighted by Crippen LogP contribution is 2.19. The van der Waals surface area contributed by atoms with Crippen LogP contribution in [-0.4, -0.2) is 48.3 Å². The number of nitrogens with one attached hydrogen (secondary N) is 1. The summed E-state index contributed by atoms with van der Waals surface area (Å²) in [4.78, 5) is 14.2. The minimum Gasteiger partial charge on any atom is -0.444 e. The first-order valence-electron chi connectivity index (χ1n) is 8.26. The first-order valence-corrected chi connectivity index (χ1v) is 8.26. The van der Waals surface area contributed by atoms with E-state index in [0.717, 1.165) is 13.0 Å². The number of alkyl carbamates (subject to hydrolysis) is 1. The highest BCUT2D eigenvalue weighted by atomic mass is 16.6. The molecule has 0 aromatic carbocycles. The summed E-state index contributed by atoms with van der Waals surface area (Å²) in [7, 11) is 0. The summed E-state index contributed by atoms with van der Waals surface area (Å²) < 4.78 is 5.24. The van der Waals surface area contributed by atoms with Crippen molar-refractivity contribution >= 4 is 6.09 Å². The van der Waals surface area contributed by atoms with E-state index in [0.29, 0.717) is 25.2 Å². The third-order valence-corrected chi connectivity index (χ3v) is 3.99. The lowest BCUT2D eigenvalue weighted by Crippen LogP contribution is -2.47. The smallest absolute Gasteiger partial charge is 0.407 e. The molecular weight excluding hydrogens is 266 g/mol. The molecule has 1 amide bonds. The number of rotatable bonds is 5. The lowest BCUT2D eigenvalue weighted by molar-refractivity contribution is 0.0519. The average molecular weight is 299 g/mol. The van der Waals surface area contributed by atoms with Gasteiger partial charge in [0.05, 0.1) is 0 Å². The van der Waals surface area contributed by atoms with Crippen molar-refractivity contribution in [2.24, 2.45) is 5.73 Å². The van der Waals surface area contributed by atoms with Crippen LogP contribution in [0.15, 0.2) is 0 Å². The number of hydrogen-bond acceptors (Lipinski definition) is 4. The van der Waals surface area contributed by atoms with Crippen molar-refractivity contribution in [1.82, 2.24) is 10.2 Å². The first kappa shape index (κ1) is 18.2. The van der Waals surface area contributed by atoms with E-state index in [1.807, 2.05) is 20.8 Å². The number of nitrogens with two attached hydrogens (primary N) is 1. The van der Waals surface area contributed by atoms with Crippen molar-refractivity contribution in [3.05, 3.63) is 0 Å². The fraction of sp³-hybridized carbons (Fsp3) is 0.938. The van der Waals surface area contributed by atoms with E-state index in [4.69, 9.17) is 10.5 Å². The topological polar surface area (TPSA) is 67.6 Å². The van der Waals surface area contributed by atoms with Gasteiger partial charge >= 0.3 is 6.09 Å². The van der Waals surface area contributed by atoms with Gasteiger partial charge in [-0.1, -0.05) is 12.8 Å². The molecule has 21 heavy (non-hydrogen) atoms. The quantitative estimate of drug-likeness (QED) is 0.818. The van der Waals surface area contributed by atoms with E-state index < -0.39 is 5.60 Å². The molecule has 1 aliphatic heterocycles. The Bertz CT molecular complexity index is 315. The van der Waals surface area contributed by atoms with Crippen molar-refractivity contribution in [3.8, 4) is 0 Å². The molecule has 1 fully saturated rings. The van der Waals surface area contributed by atoms with Crippen molar-refractivity contribution in [2.75, 3.05) is 19.6 Å². The standard InChI is InChI=1S/C16H33N3O2/c1-13-8-6-5-7-11-19(13)14(12-17)9-10-18-15(20)21-16(2,3)4/h13-14H,5-12,17H2,1-4H3,(H,18,20). The zero-order valence-electron chi connectivity index (χ0n) is 14.2. The molecule has 0 aromatic heterocycles. The van der Waals surface area contributed by atoms with Gasteiger partial charge in [-0.2, -0.15) is 0 Å². The second kappa shape index (κ2) is 8.59.